The molecule has 0 atom stereocenters. The number of pyridine rings is 2. The molecule has 1 saturated heterocycles. The number of fused-ring (bicyclic) bond motifs is 5. The molecule has 7 rings (SSSR count). The van der Waals surface area contributed by atoms with Gasteiger partial charge in [-0.05, 0) is 55.1 Å². The minimum absolute atomic E-state index is 0.260. The lowest BCUT2D eigenvalue weighted by Gasteiger charge is -2.32. The lowest BCUT2D eigenvalue weighted by molar-refractivity contribution is -0.137. The highest BCUT2D eigenvalue weighted by Gasteiger charge is 2.34. The summed E-state index contributed by atoms with van der Waals surface area (Å²) in [4.78, 5) is 14.0. The Labute approximate surface area is 249 Å². The molecule has 0 radical (unpaired) electrons. The lowest BCUT2D eigenvalue weighted by atomic mass is 10.0. The maximum absolute atomic E-state index is 13.8. The van der Waals surface area contributed by atoms with Crippen LogP contribution in [0.3, 0.4) is 0 Å². The second-order valence-corrected chi connectivity index (χ2v) is 11.1. The van der Waals surface area contributed by atoms with Crippen molar-refractivity contribution in [2.45, 2.75) is 6.18 Å². The van der Waals surface area contributed by atoms with E-state index in [1.807, 2.05) is 36.5 Å². The maximum atomic E-state index is 13.8. The first kappa shape index (κ1) is 27.6. The van der Waals surface area contributed by atoms with Gasteiger partial charge in [-0.25, -0.2) is 4.98 Å². The summed E-state index contributed by atoms with van der Waals surface area (Å²) < 4.78 is 44.7. The third-order valence-electron chi connectivity index (χ3n) is 7.97. The van der Waals surface area contributed by atoms with Crippen molar-refractivity contribution in [2.24, 2.45) is 0 Å². The number of hydrogen-bond donors (Lipinski definition) is 1. The van der Waals surface area contributed by atoms with Gasteiger partial charge in [0.15, 0.2) is 0 Å². The van der Waals surface area contributed by atoms with Crippen LogP contribution in [-0.2, 0) is 6.18 Å². The zero-order valence-corrected chi connectivity index (χ0v) is 23.9. The molecule has 220 valence electrons. The Morgan fingerprint density at radius 2 is 1.74 bits per heavy atom. The largest absolute Gasteiger partial charge is 0.417 e. The van der Waals surface area contributed by atoms with Gasteiger partial charge in [-0.1, -0.05) is 17.7 Å². The molecule has 0 spiro atoms. The van der Waals surface area contributed by atoms with Crippen LogP contribution in [0.25, 0.3) is 44.5 Å². The fourth-order valence-electron chi connectivity index (χ4n) is 5.61. The highest BCUT2D eigenvalue weighted by molar-refractivity contribution is 6.31. The van der Waals surface area contributed by atoms with Crippen LogP contribution in [0, 0.1) is 0 Å². The molecule has 0 saturated carbocycles. The number of piperazine rings is 1. The molecule has 1 fully saturated rings. The van der Waals surface area contributed by atoms with Crippen LogP contribution in [0.1, 0.15) is 5.56 Å². The van der Waals surface area contributed by atoms with E-state index in [4.69, 9.17) is 11.6 Å². The van der Waals surface area contributed by atoms with Gasteiger partial charge in [-0.15, -0.1) is 10.2 Å². The van der Waals surface area contributed by atoms with Crippen molar-refractivity contribution in [1.82, 2.24) is 38.9 Å². The van der Waals surface area contributed by atoms with Crippen molar-refractivity contribution in [3.8, 4) is 16.8 Å². The fourth-order valence-corrected chi connectivity index (χ4v) is 5.83. The standard InChI is InChI=1S/C30H27ClF3N9/c1-40-10-12-41(13-11-40)9-8-35-27-7-3-20(16-37-27)19-2-6-25-22(14-19)28-26(17-36-25)42-18-38-39-29(42)43(28)21-4-5-24(31)23(15-21)30(32,33)34/h2-7,14-18H,8-13H2,1H3,(H,35,37). The predicted molar refractivity (Wildman–Crippen MR) is 161 cm³/mol. The molecule has 1 aliphatic heterocycles. The van der Waals surface area contributed by atoms with E-state index < -0.39 is 11.7 Å². The van der Waals surface area contributed by atoms with E-state index in [1.165, 1.54) is 12.4 Å². The summed E-state index contributed by atoms with van der Waals surface area (Å²) in [6.45, 7) is 6.09. The number of benzene rings is 2. The fraction of sp³-hybridized carbons (Fsp3) is 0.267. The van der Waals surface area contributed by atoms with Crippen LogP contribution in [-0.4, -0.2) is 85.2 Å². The Hall–Kier alpha value is -4.26. The Bertz CT molecular complexity index is 1940. The smallest absolute Gasteiger partial charge is 0.369 e. The molecular weight excluding hydrogens is 579 g/mol. The van der Waals surface area contributed by atoms with Crippen molar-refractivity contribution < 1.29 is 13.2 Å². The molecule has 43 heavy (non-hydrogen) atoms. The molecule has 0 amide bonds. The Morgan fingerprint density at radius 3 is 2.51 bits per heavy atom. The molecule has 0 unspecified atom stereocenters. The van der Waals surface area contributed by atoms with E-state index in [1.54, 1.807) is 21.2 Å². The van der Waals surface area contributed by atoms with Crippen molar-refractivity contribution in [2.75, 3.05) is 51.6 Å². The van der Waals surface area contributed by atoms with Crippen LogP contribution >= 0.6 is 11.6 Å². The van der Waals surface area contributed by atoms with Crippen molar-refractivity contribution in [3.05, 3.63) is 77.8 Å². The number of anilines is 1. The molecular formula is C30H27ClF3N9. The first-order chi connectivity index (χ1) is 20.8. The molecule has 13 heteroatoms. The van der Waals surface area contributed by atoms with E-state index in [2.05, 4.69) is 42.3 Å². The van der Waals surface area contributed by atoms with Crippen LogP contribution < -0.4 is 5.32 Å². The van der Waals surface area contributed by atoms with Crippen LogP contribution in [0.15, 0.2) is 67.3 Å². The number of nitrogens with one attached hydrogen (secondary N) is 1. The first-order valence-corrected chi connectivity index (χ1v) is 14.3. The van der Waals surface area contributed by atoms with E-state index in [-0.39, 0.29) is 10.7 Å². The summed E-state index contributed by atoms with van der Waals surface area (Å²) in [5, 5.41) is 12.0. The zero-order valence-electron chi connectivity index (χ0n) is 23.2. The Kier molecular flexibility index (Phi) is 6.91. The number of halogens is 4. The Balaban J connectivity index is 1.24. The van der Waals surface area contributed by atoms with Crippen molar-refractivity contribution in [3.63, 3.8) is 0 Å². The number of alkyl halides is 3. The minimum atomic E-state index is -4.62. The van der Waals surface area contributed by atoms with E-state index in [9.17, 15) is 13.2 Å². The quantitative estimate of drug-likeness (QED) is 0.264. The molecule has 0 aliphatic carbocycles. The third kappa shape index (κ3) is 5.15. The molecule has 0 bridgehead atoms. The van der Waals surface area contributed by atoms with Gasteiger partial charge in [0.2, 0.25) is 5.78 Å². The van der Waals surface area contributed by atoms with Crippen LogP contribution in [0.5, 0.6) is 0 Å². The van der Waals surface area contributed by atoms with Gasteiger partial charge in [-0.2, -0.15) is 13.2 Å². The second-order valence-electron chi connectivity index (χ2n) is 10.7. The maximum Gasteiger partial charge on any atom is 0.417 e. The third-order valence-corrected chi connectivity index (χ3v) is 8.30. The number of nitrogens with zero attached hydrogens (tertiary/aromatic N) is 8. The van der Waals surface area contributed by atoms with Crippen LogP contribution in [0.2, 0.25) is 5.02 Å². The molecule has 5 heterocycles. The van der Waals surface area contributed by atoms with Crippen molar-refractivity contribution in [1.29, 1.82) is 0 Å². The minimum Gasteiger partial charge on any atom is -0.369 e. The molecule has 2 aromatic carbocycles. The SMILES string of the molecule is CN1CCN(CCNc2ccc(-c3ccc4ncc5c(c4c3)n(-c3ccc(Cl)c(C(F)(F)F)c3)c3nncn53)cn2)CC1. The molecule has 1 aliphatic rings. The average molecular weight is 606 g/mol. The summed E-state index contributed by atoms with van der Waals surface area (Å²) >= 11 is 5.93. The Morgan fingerprint density at radius 1 is 0.930 bits per heavy atom. The molecule has 4 aromatic heterocycles. The molecule has 1 N–H and O–H groups in total. The van der Waals surface area contributed by atoms with Gasteiger partial charge >= 0.3 is 6.18 Å². The summed E-state index contributed by atoms with van der Waals surface area (Å²) in [7, 11) is 2.15. The van der Waals surface area contributed by atoms with E-state index in [0.29, 0.717) is 22.3 Å². The topological polar surface area (TPSA) is 79.4 Å². The normalized spacial score (nSPS) is 15.2. The number of hydrogen-bond acceptors (Lipinski definition) is 7. The predicted octanol–water partition coefficient (Wildman–Crippen LogP) is 5.61. The van der Waals surface area contributed by atoms with Gasteiger partial charge in [0.1, 0.15) is 12.1 Å². The second kappa shape index (κ2) is 10.8. The van der Waals surface area contributed by atoms with Gasteiger partial charge in [-0.3, -0.25) is 18.9 Å². The van der Waals surface area contributed by atoms with E-state index in [0.717, 1.165) is 67.7 Å². The lowest BCUT2D eigenvalue weighted by Crippen LogP contribution is -2.45. The zero-order chi connectivity index (χ0) is 29.7. The van der Waals surface area contributed by atoms with Gasteiger partial charge in [0.25, 0.3) is 0 Å². The van der Waals surface area contributed by atoms with E-state index >= 15 is 0 Å². The van der Waals surface area contributed by atoms with Gasteiger partial charge in [0, 0.05) is 62.1 Å². The summed E-state index contributed by atoms with van der Waals surface area (Å²) in [5.74, 6) is 1.16. The monoisotopic (exact) mass is 605 g/mol. The highest BCUT2D eigenvalue weighted by atomic mass is 35.5. The number of rotatable bonds is 6. The van der Waals surface area contributed by atoms with Gasteiger partial charge < -0.3 is 10.2 Å². The van der Waals surface area contributed by atoms with Crippen molar-refractivity contribution >= 4 is 45.1 Å². The summed E-state index contributed by atoms with van der Waals surface area (Å²) in [5.41, 5.74) is 3.14. The summed E-state index contributed by atoms with van der Waals surface area (Å²) in [6.07, 6.45) is 0.396. The van der Waals surface area contributed by atoms with Gasteiger partial charge in [0.05, 0.1) is 33.3 Å². The highest BCUT2D eigenvalue weighted by Crippen LogP contribution is 2.38. The summed E-state index contributed by atoms with van der Waals surface area (Å²) in [6, 6.07) is 13.6. The molecule has 9 nitrogen and oxygen atoms in total. The number of aromatic nitrogens is 6. The number of imidazole rings is 1. The average Bonchev–Trinajstić information content (AvgIpc) is 3.59. The molecule has 6 aromatic rings. The van der Waals surface area contributed by atoms with Crippen LogP contribution in [0.4, 0.5) is 19.0 Å². The number of likely N-dealkylation sites (N-methyl/N-ethyl adjacent to an activating group) is 1. The first-order valence-electron chi connectivity index (χ1n) is 13.9.